The Hall–Kier alpha value is -0.700. The van der Waals surface area contributed by atoms with Gasteiger partial charge in [0, 0.05) is 0 Å². The molecule has 0 aliphatic rings. The highest BCUT2D eigenvalue weighted by Crippen LogP contribution is 2.20. The summed E-state index contributed by atoms with van der Waals surface area (Å²) < 4.78 is 0. The van der Waals surface area contributed by atoms with E-state index in [2.05, 4.69) is 32.8 Å². The zero-order chi connectivity index (χ0) is 7.33. The fraction of sp³-hybridized carbons (Fsp3) is 0.556. The molecule has 0 nitrogen and oxygen atoms in total. The Balaban J connectivity index is 3.89. The minimum absolute atomic E-state index is 0.270. The van der Waals surface area contributed by atoms with Crippen LogP contribution in [0.1, 0.15) is 27.2 Å². The van der Waals surface area contributed by atoms with E-state index in [9.17, 15) is 0 Å². The monoisotopic (exact) mass is 122 g/mol. The van der Waals surface area contributed by atoms with Gasteiger partial charge < -0.3 is 0 Å². The summed E-state index contributed by atoms with van der Waals surface area (Å²) in [6, 6.07) is 0. The second kappa shape index (κ2) is 3.35. The molecule has 9 heavy (non-hydrogen) atoms. The van der Waals surface area contributed by atoms with Crippen molar-refractivity contribution in [3.63, 3.8) is 0 Å². The fourth-order valence-corrected chi connectivity index (χ4v) is 0.392. The van der Waals surface area contributed by atoms with Gasteiger partial charge in [-0.3, -0.25) is 0 Å². The third-order valence-corrected chi connectivity index (χ3v) is 1.54. The standard InChI is InChI=1S/C9H14/c1-5-7-8-9(3,4)6-2/h1,7-8H,6H2,2-4H3/b8-7-. The van der Waals surface area contributed by atoms with Crippen LogP contribution in [0.25, 0.3) is 0 Å². The summed E-state index contributed by atoms with van der Waals surface area (Å²) in [5, 5.41) is 0. The highest BCUT2D eigenvalue weighted by molar-refractivity contribution is 5.11. The molecule has 0 rings (SSSR count). The van der Waals surface area contributed by atoms with E-state index in [1.165, 1.54) is 0 Å². The molecule has 0 atom stereocenters. The van der Waals surface area contributed by atoms with Crippen LogP contribution in [-0.2, 0) is 0 Å². The number of rotatable bonds is 2. The molecule has 0 aromatic rings. The maximum Gasteiger partial charge on any atom is -0.0156 e. The number of allylic oxidation sites excluding steroid dienone is 2. The molecular formula is C9H14. The fourth-order valence-electron chi connectivity index (χ4n) is 0.392. The van der Waals surface area contributed by atoms with Gasteiger partial charge in [-0.2, -0.15) is 0 Å². The first-order valence-electron chi connectivity index (χ1n) is 3.26. The molecule has 0 heteroatoms. The maximum absolute atomic E-state index is 5.05. The van der Waals surface area contributed by atoms with Crippen LogP contribution in [-0.4, -0.2) is 0 Å². The van der Waals surface area contributed by atoms with E-state index in [-0.39, 0.29) is 5.41 Å². The predicted octanol–water partition coefficient (Wildman–Crippen LogP) is 2.61. The molecule has 0 unspecified atom stereocenters. The highest BCUT2D eigenvalue weighted by atomic mass is 14.1. The molecule has 0 radical (unpaired) electrons. The van der Waals surface area contributed by atoms with Crippen molar-refractivity contribution in [1.82, 2.24) is 0 Å². The molecule has 0 saturated carbocycles. The summed E-state index contributed by atoms with van der Waals surface area (Å²) in [6.07, 6.45) is 10.0. The normalized spacial score (nSPS) is 11.8. The van der Waals surface area contributed by atoms with Gasteiger partial charge in [-0.15, -0.1) is 6.42 Å². The summed E-state index contributed by atoms with van der Waals surface area (Å²) in [7, 11) is 0. The highest BCUT2D eigenvalue weighted by Gasteiger charge is 2.08. The molecule has 0 amide bonds. The lowest BCUT2D eigenvalue weighted by molar-refractivity contribution is 0.462. The molecule has 0 aliphatic heterocycles. The third-order valence-electron chi connectivity index (χ3n) is 1.54. The van der Waals surface area contributed by atoms with Crippen molar-refractivity contribution in [2.24, 2.45) is 5.41 Å². The zero-order valence-corrected chi connectivity index (χ0v) is 6.44. The van der Waals surface area contributed by atoms with Crippen molar-refractivity contribution in [2.75, 3.05) is 0 Å². The second-order valence-corrected chi connectivity index (χ2v) is 2.84. The van der Waals surface area contributed by atoms with Gasteiger partial charge in [-0.25, -0.2) is 0 Å². The summed E-state index contributed by atoms with van der Waals surface area (Å²) in [5.41, 5.74) is 0.270. The largest absolute Gasteiger partial charge is 0.115 e. The van der Waals surface area contributed by atoms with Gasteiger partial charge in [-0.05, 0) is 17.9 Å². The lowest BCUT2D eigenvalue weighted by atomic mass is 9.90. The molecule has 50 valence electrons. The maximum atomic E-state index is 5.05. The van der Waals surface area contributed by atoms with E-state index in [4.69, 9.17) is 6.42 Å². The predicted molar refractivity (Wildman–Crippen MR) is 42.0 cm³/mol. The van der Waals surface area contributed by atoms with Gasteiger partial charge in [0.2, 0.25) is 0 Å². The molecule has 0 fully saturated rings. The van der Waals surface area contributed by atoms with E-state index < -0.39 is 0 Å². The minimum atomic E-state index is 0.270. The van der Waals surface area contributed by atoms with Crippen LogP contribution in [0.5, 0.6) is 0 Å². The summed E-state index contributed by atoms with van der Waals surface area (Å²) in [4.78, 5) is 0. The van der Waals surface area contributed by atoms with Crippen LogP contribution >= 0.6 is 0 Å². The SMILES string of the molecule is C#C/C=C\C(C)(C)CC. The van der Waals surface area contributed by atoms with Crippen molar-refractivity contribution < 1.29 is 0 Å². The molecular weight excluding hydrogens is 108 g/mol. The van der Waals surface area contributed by atoms with Crippen LogP contribution in [0.2, 0.25) is 0 Å². The summed E-state index contributed by atoms with van der Waals surface area (Å²) in [6.45, 7) is 6.49. The second-order valence-electron chi connectivity index (χ2n) is 2.84. The Kier molecular flexibility index (Phi) is 3.09. The average molecular weight is 122 g/mol. The lowest BCUT2D eigenvalue weighted by Gasteiger charge is -2.15. The van der Waals surface area contributed by atoms with E-state index in [1.807, 2.05) is 0 Å². The van der Waals surface area contributed by atoms with Gasteiger partial charge in [0.15, 0.2) is 0 Å². The Morgan fingerprint density at radius 1 is 1.56 bits per heavy atom. The van der Waals surface area contributed by atoms with Crippen LogP contribution < -0.4 is 0 Å². The molecule has 0 bridgehead atoms. The van der Waals surface area contributed by atoms with Crippen molar-refractivity contribution in [2.45, 2.75) is 27.2 Å². The number of terminal acetylenes is 1. The van der Waals surface area contributed by atoms with E-state index >= 15 is 0 Å². The molecule has 0 aliphatic carbocycles. The Bertz CT molecular complexity index is 133. The molecule has 0 aromatic heterocycles. The molecule has 0 spiro atoms. The quantitative estimate of drug-likeness (QED) is 0.494. The van der Waals surface area contributed by atoms with Crippen LogP contribution in [0.3, 0.4) is 0 Å². The van der Waals surface area contributed by atoms with Gasteiger partial charge >= 0.3 is 0 Å². The lowest BCUT2D eigenvalue weighted by Crippen LogP contribution is -2.03. The molecule has 0 heterocycles. The van der Waals surface area contributed by atoms with Gasteiger partial charge in [0.05, 0.1) is 0 Å². The molecule has 0 saturated heterocycles. The number of hydrogen-bond donors (Lipinski definition) is 0. The first kappa shape index (κ1) is 8.30. The molecule has 0 N–H and O–H groups in total. The van der Waals surface area contributed by atoms with Crippen LogP contribution in [0, 0.1) is 17.8 Å². The first-order valence-corrected chi connectivity index (χ1v) is 3.26. The Morgan fingerprint density at radius 3 is 2.44 bits per heavy atom. The van der Waals surface area contributed by atoms with Crippen molar-refractivity contribution in [1.29, 1.82) is 0 Å². The van der Waals surface area contributed by atoms with E-state index in [0.717, 1.165) is 6.42 Å². The van der Waals surface area contributed by atoms with Crippen LogP contribution in [0.4, 0.5) is 0 Å². The Morgan fingerprint density at radius 2 is 2.11 bits per heavy atom. The topological polar surface area (TPSA) is 0 Å². The van der Waals surface area contributed by atoms with E-state index in [1.54, 1.807) is 6.08 Å². The summed E-state index contributed by atoms with van der Waals surface area (Å²) >= 11 is 0. The Labute approximate surface area is 58.0 Å². The van der Waals surface area contributed by atoms with E-state index in [0.29, 0.717) is 0 Å². The molecule has 0 aromatic carbocycles. The average Bonchev–Trinajstić information content (AvgIpc) is 1.84. The van der Waals surface area contributed by atoms with Gasteiger partial charge in [-0.1, -0.05) is 32.8 Å². The van der Waals surface area contributed by atoms with Crippen LogP contribution in [0.15, 0.2) is 12.2 Å². The van der Waals surface area contributed by atoms with Crippen molar-refractivity contribution in [3.05, 3.63) is 12.2 Å². The third kappa shape index (κ3) is 3.85. The smallest absolute Gasteiger partial charge is 0.0156 e. The first-order chi connectivity index (χ1) is 4.12. The zero-order valence-electron chi connectivity index (χ0n) is 6.44. The van der Waals surface area contributed by atoms with Crippen molar-refractivity contribution >= 4 is 0 Å². The number of hydrogen-bond acceptors (Lipinski definition) is 0. The van der Waals surface area contributed by atoms with Gasteiger partial charge in [0.25, 0.3) is 0 Å². The minimum Gasteiger partial charge on any atom is -0.115 e. The summed E-state index contributed by atoms with van der Waals surface area (Å²) in [5.74, 6) is 2.48. The van der Waals surface area contributed by atoms with Crippen molar-refractivity contribution in [3.8, 4) is 12.3 Å². The van der Waals surface area contributed by atoms with Gasteiger partial charge in [0.1, 0.15) is 0 Å².